The normalized spacial score (nSPS) is 15.9. The van der Waals surface area contributed by atoms with Crippen LogP contribution in [-0.2, 0) is 19.5 Å². The van der Waals surface area contributed by atoms with Crippen molar-refractivity contribution in [3.63, 3.8) is 0 Å². The molecule has 138 valence electrons. The minimum Gasteiger partial charge on any atom is -0.496 e. The average molecular weight is 359 g/mol. The summed E-state index contributed by atoms with van der Waals surface area (Å²) in [5.41, 5.74) is 3.81. The molecule has 0 bridgehead atoms. The third-order valence-corrected chi connectivity index (χ3v) is 5.15. The van der Waals surface area contributed by atoms with Crippen LogP contribution in [0.3, 0.4) is 0 Å². The molecule has 3 aromatic rings. The molecule has 4 rings (SSSR count). The first-order valence-corrected chi connectivity index (χ1v) is 9.44. The van der Waals surface area contributed by atoms with Crippen LogP contribution in [0.4, 0.5) is 0 Å². The molecule has 0 fully saturated rings. The number of fused-ring (bicyclic) bond motifs is 1. The van der Waals surface area contributed by atoms with Crippen molar-refractivity contribution in [2.24, 2.45) is 0 Å². The van der Waals surface area contributed by atoms with Gasteiger partial charge in [0.15, 0.2) is 0 Å². The first-order chi connectivity index (χ1) is 13.3. The molecule has 1 aliphatic heterocycles. The summed E-state index contributed by atoms with van der Waals surface area (Å²) in [7, 11) is 1.73. The number of ether oxygens (including phenoxy) is 2. The lowest BCUT2D eigenvalue weighted by atomic mass is 9.99. The summed E-state index contributed by atoms with van der Waals surface area (Å²) in [5.74, 6) is 1.86. The van der Waals surface area contributed by atoms with E-state index in [-0.39, 0.29) is 0 Å². The van der Waals surface area contributed by atoms with Gasteiger partial charge in [0.2, 0.25) is 0 Å². The summed E-state index contributed by atoms with van der Waals surface area (Å²) in [4.78, 5) is 2.51. The van der Waals surface area contributed by atoms with Gasteiger partial charge in [-0.3, -0.25) is 4.90 Å². The quantitative estimate of drug-likeness (QED) is 0.637. The molecule has 3 aromatic carbocycles. The van der Waals surface area contributed by atoms with Crippen molar-refractivity contribution in [2.75, 3.05) is 13.7 Å². The van der Waals surface area contributed by atoms with Crippen LogP contribution in [0, 0.1) is 0 Å². The first kappa shape index (κ1) is 17.6. The summed E-state index contributed by atoms with van der Waals surface area (Å²) < 4.78 is 11.7. The molecule has 0 aromatic heterocycles. The van der Waals surface area contributed by atoms with Gasteiger partial charge in [0.05, 0.1) is 7.11 Å². The molecule has 0 aliphatic carbocycles. The van der Waals surface area contributed by atoms with Crippen LogP contribution >= 0.6 is 0 Å². The van der Waals surface area contributed by atoms with E-state index in [0.29, 0.717) is 12.6 Å². The van der Waals surface area contributed by atoms with Crippen molar-refractivity contribution in [1.29, 1.82) is 0 Å². The van der Waals surface area contributed by atoms with E-state index in [1.807, 2.05) is 18.2 Å². The number of nitrogens with zero attached hydrogens (tertiary/aromatic N) is 1. The highest BCUT2D eigenvalue weighted by Gasteiger charge is 2.27. The molecule has 0 N–H and O–H groups in total. The molecule has 0 spiro atoms. The highest BCUT2D eigenvalue weighted by molar-refractivity contribution is 5.46. The molecule has 0 radical (unpaired) electrons. The standard InChI is InChI=1S/C24H25NO2/c1-26-23-13-8-14-24-22(23)15-21(18-27-24)25(16-19-9-4-2-5-10-19)17-20-11-6-3-7-12-20/h2-14,21H,15-18H2,1H3. The second-order valence-electron chi connectivity index (χ2n) is 6.98. The summed E-state index contributed by atoms with van der Waals surface area (Å²) in [6.45, 7) is 2.49. The second-order valence-corrected chi connectivity index (χ2v) is 6.98. The van der Waals surface area contributed by atoms with Crippen molar-refractivity contribution in [3.05, 3.63) is 95.6 Å². The first-order valence-electron chi connectivity index (χ1n) is 9.44. The highest BCUT2D eigenvalue weighted by Crippen LogP contribution is 2.34. The van der Waals surface area contributed by atoms with Gasteiger partial charge in [-0.05, 0) is 29.7 Å². The maximum atomic E-state index is 6.11. The summed E-state index contributed by atoms with van der Waals surface area (Å²) in [5, 5.41) is 0. The molecule has 3 heteroatoms. The lowest BCUT2D eigenvalue weighted by Crippen LogP contribution is -2.42. The number of methoxy groups -OCH3 is 1. The van der Waals surface area contributed by atoms with Gasteiger partial charge in [-0.25, -0.2) is 0 Å². The van der Waals surface area contributed by atoms with Crippen LogP contribution < -0.4 is 9.47 Å². The van der Waals surface area contributed by atoms with Crippen molar-refractivity contribution in [1.82, 2.24) is 4.90 Å². The van der Waals surface area contributed by atoms with Gasteiger partial charge in [-0.15, -0.1) is 0 Å². The summed E-state index contributed by atoms with van der Waals surface area (Å²) in [6.07, 6.45) is 0.930. The lowest BCUT2D eigenvalue weighted by Gasteiger charge is -2.35. The Morgan fingerprint density at radius 3 is 2.07 bits per heavy atom. The van der Waals surface area contributed by atoms with E-state index < -0.39 is 0 Å². The third kappa shape index (κ3) is 4.15. The Kier molecular flexibility index (Phi) is 5.40. The van der Waals surface area contributed by atoms with Gasteiger partial charge in [-0.2, -0.15) is 0 Å². The van der Waals surface area contributed by atoms with Crippen LogP contribution in [0.2, 0.25) is 0 Å². The largest absolute Gasteiger partial charge is 0.496 e. The van der Waals surface area contributed by atoms with Crippen LogP contribution in [-0.4, -0.2) is 24.7 Å². The maximum absolute atomic E-state index is 6.11. The van der Waals surface area contributed by atoms with Gasteiger partial charge in [0.1, 0.15) is 18.1 Å². The molecule has 1 heterocycles. The van der Waals surface area contributed by atoms with E-state index in [1.54, 1.807) is 7.11 Å². The van der Waals surface area contributed by atoms with Gasteiger partial charge >= 0.3 is 0 Å². The topological polar surface area (TPSA) is 21.7 Å². The molecule has 1 atom stereocenters. The Hall–Kier alpha value is -2.78. The van der Waals surface area contributed by atoms with E-state index in [0.717, 1.165) is 31.0 Å². The van der Waals surface area contributed by atoms with E-state index in [1.165, 1.54) is 16.7 Å². The number of benzene rings is 3. The Labute approximate surface area is 161 Å². The molecular weight excluding hydrogens is 334 g/mol. The highest BCUT2D eigenvalue weighted by atomic mass is 16.5. The van der Waals surface area contributed by atoms with Crippen molar-refractivity contribution in [2.45, 2.75) is 25.6 Å². The van der Waals surface area contributed by atoms with Crippen LogP contribution in [0.25, 0.3) is 0 Å². The minimum absolute atomic E-state index is 0.300. The van der Waals surface area contributed by atoms with E-state index in [4.69, 9.17) is 9.47 Å². The van der Waals surface area contributed by atoms with Crippen molar-refractivity contribution in [3.8, 4) is 11.5 Å². The van der Waals surface area contributed by atoms with Gasteiger partial charge < -0.3 is 9.47 Å². The molecule has 0 saturated heterocycles. The fraction of sp³-hybridized carbons (Fsp3) is 0.250. The zero-order chi connectivity index (χ0) is 18.5. The molecule has 1 unspecified atom stereocenters. The monoisotopic (exact) mass is 359 g/mol. The van der Waals surface area contributed by atoms with Crippen LogP contribution in [0.15, 0.2) is 78.9 Å². The summed E-state index contributed by atoms with van der Waals surface area (Å²) in [6, 6.07) is 27.6. The maximum Gasteiger partial charge on any atom is 0.126 e. The van der Waals surface area contributed by atoms with E-state index >= 15 is 0 Å². The van der Waals surface area contributed by atoms with Gasteiger partial charge in [0.25, 0.3) is 0 Å². The van der Waals surface area contributed by atoms with Crippen LogP contribution in [0.5, 0.6) is 11.5 Å². The Bertz CT molecular complexity index is 808. The molecule has 0 saturated carbocycles. The Morgan fingerprint density at radius 2 is 1.48 bits per heavy atom. The Balaban J connectivity index is 1.60. The van der Waals surface area contributed by atoms with Crippen molar-refractivity contribution < 1.29 is 9.47 Å². The summed E-state index contributed by atoms with van der Waals surface area (Å²) >= 11 is 0. The SMILES string of the molecule is COc1cccc2c1CC(N(Cc1ccccc1)Cc1ccccc1)CO2. The molecule has 3 nitrogen and oxygen atoms in total. The number of hydrogen-bond donors (Lipinski definition) is 0. The minimum atomic E-state index is 0.300. The van der Waals surface area contributed by atoms with Gasteiger partial charge in [-0.1, -0.05) is 66.7 Å². The van der Waals surface area contributed by atoms with Crippen LogP contribution in [0.1, 0.15) is 16.7 Å². The van der Waals surface area contributed by atoms with Gasteiger partial charge in [0, 0.05) is 24.7 Å². The number of hydrogen-bond acceptors (Lipinski definition) is 3. The van der Waals surface area contributed by atoms with E-state index in [9.17, 15) is 0 Å². The molecular formula is C24H25NO2. The third-order valence-electron chi connectivity index (χ3n) is 5.15. The number of rotatable bonds is 6. The second kappa shape index (κ2) is 8.28. The lowest BCUT2D eigenvalue weighted by molar-refractivity contribution is 0.105. The zero-order valence-electron chi connectivity index (χ0n) is 15.7. The zero-order valence-corrected chi connectivity index (χ0v) is 15.7. The Morgan fingerprint density at radius 1 is 0.852 bits per heavy atom. The molecule has 0 amide bonds. The predicted molar refractivity (Wildman–Crippen MR) is 108 cm³/mol. The predicted octanol–water partition coefficient (Wildman–Crippen LogP) is 4.70. The fourth-order valence-corrected chi connectivity index (χ4v) is 3.74. The average Bonchev–Trinajstić information content (AvgIpc) is 2.74. The smallest absolute Gasteiger partial charge is 0.126 e. The fourth-order valence-electron chi connectivity index (χ4n) is 3.74. The molecule has 27 heavy (non-hydrogen) atoms. The van der Waals surface area contributed by atoms with Crippen molar-refractivity contribution >= 4 is 0 Å². The van der Waals surface area contributed by atoms with E-state index in [2.05, 4.69) is 65.6 Å². The molecule has 1 aliphatic rings.